The Bertz CT molecular complexity index is 1080. The van der Waals surface area contributed by atoms with Crippen molar-refractivity contribution in [2.24, 2.45) is 7.05 Å². The van der Waals surface area contributed by atoms with Crippen LogP contribution in [-0.2, 0) is 16.9 Å². The molecule has 7 nitrogen and oxygen atoms in total. The van der Waals surface area contributed by atoms with Crippen LogP contribution in [0.2, 0.25) is 0 Å². The normalized spacial score (nSPS) is 12.7. The van der Waals surface area contributed by atoms with Crippen LogP contribution in [0.5, 0.6) is 0 Å². The zero-order valence-electron chi connectivity index (χ0n) is 13.5. The minimum Gasteiger partial charge on any atom is -0.310 e. The van der Waals surface area contributed by atoms with Gasteiger partial charge in [-0.3, -0.25) is 0 Å². The summed E-state index contributed by atoms with van der Waals surface area (Å²) >= 11 is -0.296. The van der Waals surface area contributed by atoms with E-state index in [0.29, 0.717) is 5.65 Å². The third kappa shape index (κ3) is 3.51. The highest BCUT2D eigenvalue weighted by Crippen LogP contribution is 2.37. The maximum Gasteiger partial charge on any atom is 0.446 e. The van der Waals surface area contributed by atoms with Crippen LogP contribution in [0.1, 0.15) is 6.92 Å². The second kappa shape index (κ2) is 6.50. The maximum atomic E-state index is 12.5. The van der Waals surface area contributed by atoms with Crippen molar-refractivity contribution in [3.63, 3.8) is 0 Å². The summed E-state index contributed by atoms with van der Waals surface area (Å²) in [7, 11) is -2.03. The molecule has 0 spiro atoms. The standard InChI is InChI=1S/C14H12F3N5O2S2/c1-3-26(23,24)10-6-18-7-20-11(10)13-21-9-4-8(25-14(15,16)17)5-19-12(9)22(13)2/h4-7H,3H2,1-2H3. The summed E-state index contributed by atoms with van der Waals surface area (Å²) in [5, 5.41) is 0. The third-order valence-electron chi connectivity index (χ3n) is 3.52. The average Bonchev–Trinajstić information content (AvgIpc) is 2.89. The van der Waals surface area contributed by atoms with Crippen molar-refractivity contribution >= 4 is 32.8 Å². The largest absolute Gasteiger partial charge is 0.446 e. The Morgan fingerprint density at radius 1 is 1.23 bits per heavy atom. The Labute approximate surface area is 150 Å². The summed E-state index contributed by atoms with van der Waals surface area (Å²) in [6.07, 6.45) is 3.45. The molecule has 0 aliphatic rings. The lowest BCUT2D eigenvalue weighted by Gasteiger charge is -2.07. The molecule has 3 rings (SSSR count). The number of aromatic nitrogens is 5. The lowest BCUT2D eigenvalue weighted by molar-refractivity contribution is -0.0328. The number of hydrogen-bond donors (Lipinski definition) is 0. The molecule has 0 fully saturated rings. The smallest absolute Gasteiger partial charge is 0.310 e. The van der Waals surface area contributed by atoms with E-state index >= 15 is 0 Å². The van der Waals surface area contributed by atoms with Gasteiger partial charge in [-0.1, -0.05) is 6.92 Å². The van der Waals surface area contributed by atoms with Crippen LogP contribution in [0, 0.1) is 0 Å². The van der Waals surface area contributed by atoms with E-state index in [4.69, 9.17) is 0 Å². The van der Waals surface area contributed by atoms with Crippen molar-refractivity contribution in [3.05, 3.63) is 24.8 Å². The molecule has 138 valence electrons. The van der Waals surface area contributed by atoms with Crippen molar-refractivity contribution in [2.75, 3.05) is 5.75 Å². The first-order valence-corrected chi connectivity index (χ1v) is 9.70. The lowest BCUT2D eigenvalue weighted by atomic mass is 10.4. The van der Waals surface area contributed by atoms with Crippen molar-refractivity contribution in [1.82, 2.24) is 24.5 Å². The summed E-state index contributed by atoms with van der Waals surface area (Å²) in [5.74, 6) is 0.0261. The van der Waals surface area contributed by atoms with Gasteiger partial charge in [0.25, 0.3) is 0 Å². The molecule has 0 N–H and O–H groups in total. The molecule has 0 atom stereocenters. The van der Waals surface area contributed by atoms with Gasteiger partial charge >= 0.3 is 5.51 Å². The Balaban J connectivity index is 2.17. The first-order chi connectivity index (χ1) is 12.1. The predicted octanol–water partition coefficient (Wildman–Crippen LogP) is 2.83. The topological polar surface area (TPSA) is 90.6 Å². The van der Waals surface area contributed by atoms with Gasteiger partial charge in [-0.25, -0.2) is 28.4 Å². The molecule has 0 unspecified atom stereocenters. The summed E-state index contributed by atoms with van der Waals surface area (Å²) in [4.78, 5) is 15.8. The van der Waals surface area contributed by atoms with Crippen molar-refractivity contribution in [1.29, 1.82) is 0 Å². The van der Waals surface area contributed by atoms with E-state index in [2.05, 4.69) is 19.9 Å². The summed E-state index contributed by atoms with van der Waals surface area (Å²) < 4.78 is 63.6. The van der Waals surface area contributed by atoms with E-state index in [1.807, 2.05) is 0 Å². The fourth-order valence-corrected chi connectivity index (χ4v) is 3.84. The van der Waals surface area contributed by atoms with E-state index in [1.54, 1.807) is 7.05 Å². The van der Waals surface area contributed by atoms with Gasteiger partial charge in [0.2, 0.25) is 0 Å². The molecular formula is C14H12F3N5O2S2. The molecule has 0 bridgehead atoms. The van der Waals surface area contributed by atoms with Gasteiger partial charge in [-0.05, 0) is 17.8 Å². The highest BCUT2D eigenvalue weighted by molar-refractivity contribution is 8.00. The summed E-state index contributed by atoms with van der Waals surface area (Å²) in [6, 6.07) is 1.25. The number of sulfone groups is 1. The molecule has 3 aromatic rings. The zero-order chi connectivity index (χ0) is 19.1. The van der Waals surface area contributed by atoms with E-state index < -0.39 is 15.3 Å². The number of aryl methyl sites for hydroxylation is 1. The van der Waals surface area contributed by atoms with E-state index in [1.165, 1.54) is 30.1 Å². The lowest BCUT2D eigenvalue weighted by Crippen LogP contribution is -2.09. The van der Waals surface area contributed by atoms with Crippen molar-refractivity contribution in [2.45, 2.75) is 22.2 Å². The third-order valence-corrected chi connectivity index (χ3v) is 5.94. The van der Waals surface area contributed by atoms with Crippen LogP contribution in [0.15, 0.2) is 34.6 Å². The number of pyridine rings is 1. The van der Waals surface area contributed by atoms with Crippen molar-refractivity contribution < 1.29 is 21.6 Å². The molecule has 0 amide bonds. The second-order valence-corrected chi connectivity index (χ2v) is 8.58. The Hall–Kier alpha value is -2.21. The van der Waals surface area contributed by atoms with E-state index in [-0.39, 0.29) is 44.3 Å². The maximum absolute atomic E-state index is 12.5. The molecular weight excluding hydrogens is 391 g/mol. The van der Waals surface area contributed by atoms with Crippen LogP contribution in [0.25, 0.3) is 22.7 Å². The number of nitrogens with zero attached hydrogens (tertiary/aromatic N) is 5. The van der Waals surface area contributed by atoms with Gasteiger partial charge in [0.15, 0.2) is 21.3 Å². The number of rotatable bonds is 4. The Morgan fingerprint density at radius 3 is 2.62 bits per heavy atom. The highest BCUT2D eigenvalue weighted by Gasteiger charge is 2.30. The van der Waals surface area contributed by atoms with E-state index in [9.17, 15) is 21.6 Å². The van der Waals surface area contributed by atoms with Crippen LogP contribution >= 0.6 is 11.8 Å². The minimum absolute atomic E-state index is 0.0763. The molecule has 12 heteroatoms. The number of thioether (sulfide) groups is 1. The molecule has 0 saturated heterocycles. The predicted molar refractivity (Wildman–Crippen MR) is 89.2 cm³/mol. The van der Waals surface area contributed by atoms with E-state index in [0.717, 1.165) is 6.20 Å². The summed E-state index contributed by atoms with van der Waals surface area (Å²) in [6.45, 7) is 1.49. The number of fused-ring (bicyclic) bond motifs is 1. The number of alkyl halides is 3. The van der Waals surface area contributed by atoms with Gasteiger partial charge in [0, 0.05) is 24.3 Å². The second-order valence-electron chi connectivity index (χ2n) is 5.20. The van der Waals surface area contributed by atoms with Crippen LogP contribution < -0.4 is 0 Å². The van der Waals surface area contributed by atoms with Crippen molar-refractivity contribution in [3.8, 4) is 11.5 Å². The molecule has 26 heavy (non-hydrogen) atoms. The van der Waals surface area contributed by atoms with Crippen LogP contribution in [-0.4, -0.2) is 44.2 Å². The first-order valence-electron chi connectivity index (χ1n) is 7.23. The molecule has 0 aliphatic heterocycles. The van der Waals surface area contributed by atoms with Gasteiger partial charge in [-0.2, -0.15) is 13.2 Å². The summed E-state index contributed by atoms with van der Waals surface area (Å²) in [5.41, 5.74) is -3.85. The Morgan fingerprint density at radius 2 is 1.96 bits per heavy atom. The number of hydrogen-bond acceptors (Lipinski definition) is 7. The fourth-order valence-electron chi connectivity index (χ4n) is 2.33. The monoisotopic (exact) mass is 403 g/mol. The number of imidazole rings is 1. The average molecular weight is 403 g/mol. The quantitative estimate of drug-likeness (QED) is 0.619. The SMILES string of the molecule is CCS(=O)(=O)c1cncnc1-c1nc2cc(SC(F)(F)F)cnc2n1C. The minimum atomic E-state index is -4.44. The fraction of sp³-hybridized carbons (Fsp3) is 0.286. The Kier molecular flexibility index (Phi) is 4.65. The molecule has 0 radical (unpaired) electrons. The first kappa shape index (κ1) is 18.6. The highest BCUT2D eigenvalue weighted by atomic mass is 32.2. The molecule has 3 heterocycles. The molecule has 0 aromatic carbocycles. The van der Waals surface area contributed by atoms with Gasteiger partial charge in [0.05, 0.1) is 5.75 Å². The van der Waals surface area contributed by atoms with Gasteiger partial charge < -0.3 is 4.57 Å². The molecule has 3 aromatic heterocycles. The van der Waals surface area contributed by atoms with Crippen LogP contribution in [0.4, 0.5) is 13.2 Å². The molecule has 0 saturated carbocycles. The van der Waals surface area contributed by atoms with Gasteiger partial charge in [-0.15, -0.1) is 0 Å². The molecule has 0 aliphatic carbocycles. The number of halogens is 3. The zero-order valence-corrected chi connectivity index (χ0v) is 15.2. The van der Waals surface area contributed by atoms with Gasteiger partial charge in [0.1, 0.15) is 22.4 Å². The van der Waals surface area contributed by atoms with Crippen LogP contribution in [0.3, 0.4) is 0 Å².